The van der Waals surface area contributed by atoms with E-state index in [0.717, 1.165) is 18.6 Å². The van der Waals surface area contributed by atoms with Crippen molar-refractivity contribution in [3.05, 3.63) is 48.0 Å². The van der Waals surface area contributed by atoms with Gasteiger partial charge < -0.3 is 5.32 Å². The zero-order chi connectivity index (χ0) is 22.3. The van der Waals surface area contributed by atoms with Gasteiger partial charge in [0.2, 0.25) is 5.91 Å². The van der Waals surface area contributed by atoms with E-state index < -0.39 is 0 Å². The first-order valence-corrected chi connectivity index (χ1v) is 13.6. The highest BCUT2D eigenvalue weighted by Crippen LogP contribution is 2.26. The Balaban J connectivity index is 1.93. The minimum atomic E-state index is 0.0198. The lowest BCUT2D eigenvalue weighted by molar-refractivity contribution is -0.121. The van der Waals surface area contributed by atoms with Gasteiger partial charge >= 0.3 is 0 Å². The minimum absolute atomic E-state index is 0.0198. The van der Waals surface area contributed by atoms with E-state index in [1.165, 1.54) is 74.1 Å². The van der Waals surface area contributed by atoms with Crippen molar-refractivity contribution >= 4 is 28.4 Å². The van der Waals surface area contributed by atoms with Crippen LogP contribution in [0.1, 0.15) is 103 Å². The Morgan fingerprint density at radius 1 is 0.839 bits per heavy atom. The maximum Gasteiger partial charge on any atom is 0.233 e. The summed E-state index contributed by atoms with van der Waals surface area (Å²) in [7, 11) is 0. The smallest absolute Gasteiger partial charge is 0.233 e. The third-order valence-electron chi connectivity index (χ3n) is 6.08. The zero-order valence-corrected chi connectivity index (χ0v) is 20.8. The van der Waals surface area contributed by atoms with Gasteiger partial charge in [-0.2, -0.15) is 0 Å². The lowest BCUT2D eigenvalue weighted by Gasteiger charge is -2.21. The van der Waals surface area contributed by atoms with Gasteiger partial charge in [0.25, 0.3) is 0 Å². The highest BCUT2D eigenvalue weighted by Gasteiger charge is 2.21. The van der Waals surface area contributed by atoms with Gasteiger partial charge in [-0.25, -0.2) is 0 Å². The number of hydrogen-bond donors (Lipinski definition) is 1. The molecule has 2 rings (SSSR count). The van der Waals surface area contributed by atoms with Crippen molar-refractivity contribution < 1.29 is 4.79 Å². The Morgan fingerprint density at radius 2 is 1.48 bits per heavy atom. The average molecular weight is 442 g/mol. The predicted octanol–water partition coefficient (Wildman–Crippen LogP) is 8.45. The molecule has 0 heterocycles. The molecule has 3 heteroatoms. The van der Waals surface area contributed by atoms with Gasteiger partial charge in [-0.15, -0.1) is 11.8 Å². The fourth-order valence-corrected chi connectivity index (χ4v) is 5.37. The van der Waals surface area contributed by atoms with Gasteiger partial charge in [0.05, 0.1) is 11.3 Å². The molecule has 172 valence electrons. The van der Waals surface area contributed by atoms with Crippen molar-refractivity contribution in [2.45, 2.75) is 103 Å². The second kappa shape index (κ2) is 15.3. The maximum absolute atomic E-state index is 13.2. The van der Waals surface area contributed by atoms with E-state index >= 15 is 0 Å². The van der Waals surface area contributed by atoms with E-state index in [9.17, 15) is 4.79 Å². The monoisotopic (exact) mass is 441 g/mol. The second-order valence-electron chi connectivity index (χ2n) is 8.78. The lowest BCUT2D eigenvalue weighted by Crippen LogP contribution is -2.35. The number of rotatable bonds is 16. The molecule has 0 radical (unpaired) electrons. The lowest BCUT2D eigenvalue weighted by atomic mass is 9.99. The second-order valence-corrected chi connectivity index (χ2v) is 10.1. The number of amides is 1. The summed E-state index contributed by atoms with van der Waals surface area (Å²) in [5.74, 6) is 1.31. The molecule has 2 atom stereocenters. The van der Waals surface area contributed by atoms with Gasteiger partial charge in [-0.1, -0.05) is 114 Å². The third-order valence-corrected chi connectivity index (χ3v) is 7.45. The molecule has 2 aromatic carbocycles. The largest absolute Gasteiger partial charge is 0.349 e. The first-order valence-electron chi connectivity index (χ1n) is 12.6. The summed E-state index contributed by atoms with van der Waals surface area (Å²) in [5, 5.41) is 5.88. The van der Waals surface area contributed by atoms with Gasteiger partial charge in [0.1, 0.15) is 0 Å². The Labute approximate surface area is 195 Å². The van der Waals surface area contributed by atoms with E-state index in [1.54, 1.807) is 0 Å². The van der Waals surface area contributed by atoms with Gasteiger partial charge in [-0.05, 0) is 41.9 Å². The number of unbranched alkanes of at least 4 members (excludes halogenated alkanes) is 8. The molecule has 0 spiro atoms. The van der Waals surface area contributed by atoms with Crippen molar-refractivity contribution in [1.82, 2.24) is 5.32 Å². The van der Waals surface area contributed by atoms with Crippen LogP contribution >= 0.6 is 11.8 Å². The van der Waals surface area contributed by atoms with E-state index in [1.807, 2.05) is 11.8 Å². The Kier molecular flexibility index (Phi) is 12.8. The van der Waals surface area contributed by atoms with Gasteiger partial charge in [0, 0.05) is 0 Å². The summed E-state index contributed by atoms with van der Waals surface area (Å²) in [4.78, 5) is 13.2. The topological polar surface area (TPSA) is 29.1 Å². The first kappa shape index (κ1) is 25.8. The van der Waals surface area contributed by atoms with Crippen LogP contribution in [0.2, 0.25) is 0 Å². The molecule has 0 aliphatic heterocycles. The van der Waals surface area contributed by atoms with Crippen molar-refractivity contribution in [3.8, 4) is 0 Å². The first-order chi connectivity index (χ1) is 15.2. The number of hydrogen-bond acceptors (Lipinski definition) is 2. The molecule has 2 aromatic rings. The van der Waals surface area contributed by atoms with Gasteiger partial charge in [0.15, 0.2) is 0 Å². The van der Waals surface area contributed by atoms with Crippen molar-refractivity contribution in [3.63, 3.8) is 0 Å². The number of nitrogens with one attached hydrogen (secondary N) is 1. The Bertz CT molecular complexity index is 754. The van der Waals surface area contributed by atoms with Crippen LogP contribution in [0.5, 0.6) is 0 Å². The van der Waals surface area contributed by atoms with E-state index in [-0.39, 0.29) is 17.2 Å². The molecule has 0 unspecified atom stereocenters. The van der Waals surface area contributed by atoms with Crippen LogP contribution in [0.3, 0.4) is 0 Å². The molecule has 0 saturated carbocycles. The molecular weight excluding hydrogens is 398 g/mol. The molecule has 1 N–H and O–H groups in total. The zero-order valence-electron chi connectivity index (χ0n) is 20.0. The molecular formula is C28H43NOS. The molecule has 0 aromatic heterocycles. The molecule has 0 aliphatic rings. The number of carbonyl (C=O) groups excluding carboxylic acids is 1. The fourth-order valence-electron chi connectivity index (χ4n) is 4.17. The standard InChI is InChI=1S/C28H43NOS/c1-4-6-8-10-11-12-21-27(31-22-15-9-7-5-2)28(30)29-23(3)25-20-16-18-24-17-13-14-19-26(24)25/h13-14,16-20,23,27H,4-12,15,21-22H2,1-3H3,(H,29,30)/t23-,27+/m1/s1. The number of thioether (sulfide) groups is 1. The predicted molar refractivity (Wildman–Crippen MR) is 139 cm³/mol. The maximum atomic E-state index is 13.2. The average Bonchev–Trinajstić information content (AvgIpc) is 2.79. The summed E-state index contributed by atoms with van der Waals surface area (Å²) in [6.07, 6.45) is 13.7. The third kappa shape index (κ3) is 9.27. The van der Waals surface area contributed by atoms with Gasteiger partial charge in [-0.3, -0.25) is 4.79 Å². The normalized spacial score (nSPS) is 13.3. The number of benzene rings is 2. The van der Waals surface area contributed by atoms with Crippen LogP contribution in [0.15, 0.2) is 42.5 Å². The number of carbonyl (C=O) groups is 1. The van der Waals surface area contributed by atoms with Crippen LogP contribution in [0.25, 0.3) is 10.8 Å². The minimum Gasteiger partial charge on any atom is -0.349 e. The number of fused-ring (bicyclic) bond motifs is 1. The SMILES string of the molecule is CCCCCCCC[C@H](SCCCCCC)C(=O)N[C@H](C)c1cccc2ccccc12. The Morgan fingerprint density at radius 3 is 2.26 bits per heavy atom. The van der Waals surface area contributed by atoms with Crippen LogP contribution in [0.4, 0.5) is 0 Å². The van der Waals surface area contributed by atoms with Crippen molar-refractivity contribution in [1.29, 1.82) is 0 Å². The highest BCUT2D eigenvalue weighted by molar-refractivity contribution is 8.00. The summed E-state index contributed by atoms with van der Waals surface area (Å²) in [6, 6.07) is 14.8. The summed E-state index contributed by atoms with van der Waals surface area (Å²) in [5.41, 5.74) is 1.21. The van der Waals surface area contributed by atoms with E-state index in [0.29, 0.717) is 0 Å². The summed E-state index contributed by atoms with van der Waals surface area (Å²) >= 11 is 1.88. The van der Waals surface area contributed by atoms with Crippen molar-refractivity contribution in [2.24, 2.45) is 0 Å². The quantitative estimate of drug-likeness (QED) is 0.265. The summed E-state index contributed by atoms with van der Waals surface area (Å²) < 4.78 is 0. The Hall–Kier alpha value is -1.48. The molecule has 1 amide bonds. The molecule has 0 bridgehead atoms. The van der Waals surface area contributed by atoms with Crippen LogP contribution in [0, 0.1) is 0 Å². The van der Waals surface area contributed by atoms with Crippen LogP contribution < -0.4 is 5.32 Å². The summed E-state index contributed by atoms with van der Waals surface area (Å²) in [6.45, 7) is 6.62. The molecule has 0 fully saturated rings. The van der Waals surface area contributed by atoms with Crippen LogP contribution in [-0.4, -0.2) is 16.9 Å². The fraction of sp³-hybridized carbons (Fsp3) is 0.607. The molecule has 31 heavy (non-hydrogen) atoms. The van der Waals surface area contributed by atoms with E-state index in [2.05, 4.69) is 68.6 Å². The molecule has 2 nitrogen and oxygen atoms in total. The molecule has 0 saturated heterocycles. The van der Waals surface area contributed by atoms with Crippen molar-refractivity contribution in [2.75, 3.05) is 5.75 Å². The van der Waals surface area contributed by atoms with E-state index in [4.69, 9.17) is 0 Å². The highest BCUT2D eigenvalue weighted by atomic mass is 32.2. The van der Waals surface area contributed by atoms with Crippen LogP contribution in [-0.2, 0) is 4.79 Å². The molecule has 0 aliphatic carbocycles.